The Kier molecular flexibility index (Phi) is 3.56. The Bertz CT molecular complexity index is 742. The second kappa shape index (κ2) is 5.67. The zero-order valence-corrected chi connectivity index (χ0v) is 11.7. The lowest BCUT2D eigenvalue weighted by atomic mass is 10.1. The number of rotatable bonds is 3. The van der Waals surface area contributed by atoms with Crippen LogP contribution in [0.1, 0.15) is 16.3 Å². The second-order valence-corrected chi connectivity index (χ2v) is 4.81. The van der Waals surface area contributed by atoms with Gasteiger partial charge in [0.15, 0.2) is 5.76 Å². The largest absolute Gasteiger partial charge is 0.456 e. The highest BCUT2D eigenvalue weighted by molar-refractivity contribution is 6.02. The molecule has 2 aromatic carbocycles. The van der Waals surface area contributed by atoms with Gasteiger partial charge in [-0.05, 0) is 42.3 Å². The fourth-order valence-corrected chi connectivity index (χ4v) is 2.13. The zero-order chi connectivity index (χ0) is 14.7. The molecule has 1 aromatic heterocycles. The monoisotopic (exact) mass is 277 g/mol. The van der Waals surface area contributed by atoms with Crippen molar-refractivity contribution in [3.63, 3.8) is 0 Å². The molecule has 3 nitrogen and oxygen atoms in total. The molecule has 1 heterocycles. The van der Waals surface area contributed by atoms with Crippen LogP contribution in [0.4, 0.5) is 5.69 Å². The first-order chi connectivity index (χ1) is 10.2. The van der Waals surface area contributed by atoms with Crippen molar-refractivity contribution in [3.05, 3.63) is 78.3 Å². The first kappa shape index (κ1) is 13.2. The molecule has 0 saturated heterocycles. The van der Waals surface area contributed by atoms with Gasteiger partial charge in [0.05, 0.1) is 0 Å². The average Bonchev–Trinajstić information content (AvgIpc) is 2.96. The summed E-state index contributed by atoms with van der Waals surface area (Å²) in [6.07, 6.45) is 0. The number of benzene rings is 2. The lowest BCUT2D eigenvalue weighted by molar-refractivity contribution is 0.0995. The molecule has 0 bridgehead atoms. The summed E-state index contributed by atoms with van der Waals surface area (Å²) in [6, 6.07) is 21.3. The highest BCUT2D eigenvalue weighted by Gasteiger charge is 2.10. The predicted molar refractivity (Wildman–Crippen MR) is 83.3 cm³/mol. The van der Waals surface area contributed by atoms with Crippen LogP contribution in [0, 0.1) is 6.92 Å². The van der Waals surface area contributed by atoms with E-state index < -0.39 is 0 Å². The number of anilines is 1. The summed E-state index contributed by atoms with van der Waals surface area (Å²) in [7, 11) is 0. The molecule has 0 spiro atoms. The molecule has 0 atom stereocenters. The maximum Gasteiger partial charge on any atom is 0.291 e. The Morgan fingerprint density at radius 2 is 1.52 bits per heavy atom. The van der Waals surface area contributed by atoms with E-state index in [4.69, 9.17) is 4.42 Å². The van der Waals surface area contributed by atoms with Crippen molar-refractivity contribution in [3.8, 4) is 11.1 Å². The molecule has 0 saturated carbocycles. The van der Waals surface area contributed by atoms with E-state index in [-0.39, 0.29) is 5.91 Å². The van der Waals surface area contributed by atoms with Gasteiger partial charge in [-0.3, -0.25) is 4.79 Å². The number of aryl methyl sites for hydroxylation is 1. The van der Waals surface area contributed by atoms with Crippen molar-refractivity contribution in [2.24, 2.45) is 0 Å². The summed E-state index contributed by atoms with van der Waals surface area (Å²) in [5, 5.41) is 2.82. The summed E-state index contributed by atoms with van der Waals surface area (Å²) >= 11 is 0. The van der Waals surface area contributed by atoms with Gasteiger partial charge in [-0.25, -0.2) is 0 Å². The summed E-state index contributed by atoms with van der Waals surface area (Å²) in [5.74, 6) is 0.801. The molecule has 1 N–H and O–H groups in total. The van der Waals surface area contributed by atoms with Crippen LogP contribution in [0.15, 0.2) is 71.1 Å². The van der Waals surface area contributed by atoms with Crippen LogP contribution in [0.25, 0.3) is 11.1 Å². The Morgan fingerprint density at radius 3 is 2.14 bits per heavy atom. The number of hydrogen-bond acceptors (Lipinski definition) is 2. The summed E-state index contributed by atoms with van der Waals surface area (Å²) in [4.78, 5) is 12.0. The molecule has 3 aromatic rings. The molecule has 3 rings (SSSR count). The topological polar surface area (TPSA) is 42.2 Å². The first-order valence-electron chi connectivity index (χ1n) is 6.76. The van der Waals surface area contributed by atoms with Crippen LogP contribution in [0.2, 0.25) is 0 Å². The van der Waals surface area contributed by atoms with Gasteiger partial charge in [0, 0.05) is 5.69 Å². The number of nitrogens with one attached hydrogen (secondary N) is 1. The van der Waals surface area contributed by atoms with Gasteiger partial charge in [0.1, 0.15) is 5.76 Å². The summed E-state index contributed by atoms with van der Waals surface area (Å²) < 4.78 is 5.30. The smallest absolute Gasteiger partial charge is 0.291 e. The molecule has 0 radical (unpaired) electrons. The van der Waals surface area contributed by atoms with Crippen molar-refractivity contribution in [1.29, 1.82) is 0 Å². The molecular formula is C18H15NO2. The minimum absolute atomic E-state index is 0.240. The van der Waals surface area contributed by atoms with E-state index in [0.717, 1.165) is 22.6 Å². The highest BCUT2D eigenvalue weighted by Crippen LogP contribution is 2.21. The molecule has 0 aliphatic heterocycles. The Balaban J connectivity index is 1.74. The van der Waals surface area contributed by atoms with Crippen molar-refractivity contribution in [2.75, 3.05) is 5.32 Å². The van der Waals surface area contributed by atoms with Gasteiger partial charge >= 0.3 is 0 Å². The summed E-state index contributed by atoms with van der Waals surface area (Å²) in [5.41, 5.74) is 3.01. The third-order valence-electron chi connectivity index (χ3n) is 3.21. The second-order valence-electron chi connectivity index (χ2n) is 4.81. The van der Waals surface area contributed by atoms with Crippen molar-refractivity contribution >= 4 is 11.6 Å². The van der Waals surface area contributed by atoms with Crippen LogP contribution in [-0.4, -0.2) is 5.91 Å². The molecule has 0 unspecified atom stereocenters. The average molecular weight is 277 g/mol. The predicted octanol–water partition coefficient (Wildman–Crippen LogP) is 4.51. The highest BCUT2D eigenvalue weighted by atomic mass is 16.3. The first-order valence-corrected chi connectivity index (χ1v) is 6.76. The van der Waals surface area contributed by atoms with E-state index in [2.05, 4.69) is 17.4 Å². The Hall–Kier alpha value is -2.81. The van der Waals surface area contributed by atoms with Gasteiger partial charge in [0.25, 0.3) is 5.91 Å². The quantitative estimate of drug-likeness (QED) is 0.765. The molecule has 0 aliphatic carbocycles. The van der Waals surface area contributed by atoms with E-state index in [1.165, 1.54) is 0 Å². The van der Waals surface area contributed by atoms with Crippen LogP contribution < -0.4 is 5.32 Å². The van der Waals surface area contributed by atoms with Gasteiger partial charge < -0.3 is 9.73 Å². The molecule has 3 heteroatoms. The molecule has 1 amide bonds. The van der Waals surface area contributed by atoms with Crippen molar-refractivity contribution in [2.45, 2.75) is 6.92 Å². The van der Waals surface area contributed by atoms with Crippen LogP contribution in [-0.2, 0) is 0 Å². The lowest BCUT2D eigenvalue weighted by Crippen LogP contribution is -2.10. The number of furan rings is 1. The summed E-state index contributed by atoms with van der Waals surface area (Å²) in [6.45, 7) is 1.81. The molecule has 0 fully saturated rings. The standard InChI is InChI=1S/C18H15NO2/c1-13-7-12-17(21-13)18(20)19-16-10-8-15(9-11-16)14-5-3-2-4-6-14/h2-12H,1H3,(H,19,20). The van der Waals surface area contributed by atoms with E-state index in [1.54, 1.807) is 12.1 Å². The Morgan fingerprint density at radius 1 is 0.857 bits per heavy atom. The van der Waals surface area contributed by atoms with E-state index in [1.807, 2.05) is 49.4 Å². The van der Waals surface area contributed by atoms with Crippen molar-refractivity contribution < 1.29 is 9.21 Å². The minimum Gasteiger partial charge on any atom is -0.456 e. The number of carbonyl (C=O) groups is 1. The van der Waals surface area contributed by atoms with E-state index >= 15 is 0 Å². The van der Waals surface area contributed by atoms with E-state index in [9.17, 15) is 4.79 Å². The third-order valence-corrected chi connectivity index (χ3v) is 3.21. The SMILES string of the molecule is Cc1ccc(C(=O)Nc2ccc(-c3ccccc3)cc2)o1. The fourth-order valence-electron chi connectivity index (χ4n) is 2.13. The van der Waals surface area contributed by atoms with Crippen LogP contribution in [0.3, 0.4) is 0 Å². The maximum absolute atomic E-state index is 12.0. The molecular weight excluding hydrogens is 262 g/mol. The molecule has 104 valence electrons. The Labute approximate surface area is 123 Å². The van der Waals surface area contributed by atoms with Gasteiger partial charge in [-0.15, -0.1) is 0 Å². The van der Waals surface area contributed by atoms with Crippen LogP contribution >= 0.6 is 0 Å². The van der Waals surface area contributed by atoms with Crippen LogP contribution in [0.5, 0.6) is 0 Å². The number of amides is 1. The maximum atomic E-state index is 12.0. The van der Waals surface area contributed by atoms with Gasteiger partial charge in [-0.2, -0.15) is 0 Å². The fraction of sp³-hybridized carbons (Fsp3) is 0.0556. The number of carbonyl (C=O) groups excluding carboxylic acids is 1. The third kappa shape index (κ3) is 3.03. The van der Waals surface area contributed by atoms with Gasteiger partial charge in [-0.1, -0.05) is 42.5 Å². The van der Waals surface area contributed by atoms with Crippen molar-refractivity contribution in [1.82, 2.24) is 0 Å². The van der Waals surface area contributed by atoms with E-state index in [0.29, 0.717) is 5.76 Å². The minimum atomic E-state index is -0.240. The molecule has 21 heavy (non-hydrogen) atoms. The normalized spacial score (nSPS) is 10.3. The lowest BCUT2D eigenvalue weighted by Gasteiger charge is -2.05. The number of hydrogen-bond donors (Lipinski definition) is 1. The zero-order valence-electron chi connectivity index (χ0n) is 11.7. The van der Waals surface area contributed by atoms with Gasteiger partial charge in [0.2, 0.25) is 0 Å². The molecule has 0 aliphatic rings.